The number of primary amides is 1. The Morgan fingerprint density at radius 2 is 1.82 bits per heavy atom. The quantitative estimate of drug-likeness (QED) is 0.299. The van der Waals surface area contributed by atoms with Crippen LogP contribution in [-0.4, -0.2) is 97.2 Å². The summed E-state index contributed by atoms with van der Waals surface area (Å²) in [7, 11) is 7.42. The van der Waals surface area contributed by atoms with Crippen LogP contribution in [0.1, 0.15) is 67.9 Å². The summed E-state index contributed by atoms with van der Waals surface area (Å²) < 4.78 is 6.25. The molecule has 6 unspecified atom stereocenters. The Hall–Kier alpha value is -3.08. The summed E-state index contributed by atoms with van der Waals surface area (Å²) in [4.78, 5) is 61.6. The average molecular weight is 621 g/mol. The van der Waals surface area contributed by atoms with Crippen LogP contribution in [0.3, 0.4) is 0 Å². The molecule has 4 aliphatic carbocycles. The van der Waals surface area contributed by atoms with Gasteiger partial charge in [0, 0.05) is 44.4 Å². The summed E-state index contributed by atoms with van der Waals surface area (Å²) in [6.45, 7) is 8.80. The molecule has 1 amide bonds. The number of ketones is 3. The fourth-order valence-electron chi connectivity index (χ4n) is 8.89. The molecule has 0 aromatic heterocycles. The number of nitrogens with two attached hydrogens (primary N) is 1. The number of likely N-dealkylation sites (N-methyl/N-ethyl adjacent to an activating group) is 1. The molecular weight excluding hydrogens is 572 g/mol. The molecule has 10 nitrogen and oxygen atoms in total. The second-order valence-corrected chi connectivity index (χ2v) is 14.9. The van der Waals surface area contributed by atoms with Gasteiger partial charge < -0.3 is 20.5 Å². The Bertz CT molecular complexity index is 1490. The lowest BCUT2D eigenvalue weighted by Gasteiger charge is -2.62. The van der Waals surface area contributed by atoms with Crippen molar-refractivity contribution in [3.05, 3.63) is 33.9 Å². The van der Waals surface area contributed by atoms with Crippen molar-refractivity contribution in [2.75, 3.05) is 46.2 Å². The van der Waals surface area contributed by atoms with Gasteiger partial charge in [0.05, 0.1) is 29.2 Å². The third kappa shape index (κ3) is 4.95. The zero-order valence-electron chi connectivity index (χ0n) is 27.7. The van der Waals surface area contributed by atoms with Crippen molar-refractivity contribution in [3.63, 3.8) is 0 Å². The second kappa shape index (κ2) is 11.3. The van der Waals surface area contributed by atoms with Gasteiger partial charge >= 0.3 is 0 Å². The lowest BCUT2D eigenvalue weighted by Crippen LogP contribution is -2.75. The van der Waals surface area contributed by atoms with Crippen molar-refractivity contribution >= 4 is 28.9 Å². The summed E-state index contributed by atoms with van der Waals surface area (Å²) in [6.07, 6.45) is 3.74. The molecule has 0 bridgehead atoms. The zero-order valence-corrected chi connectivity index (χ0v) is 27.7. The van der Waals surface area contributed by atoms with E-state index in [4.69, 9.17) is 10.5 Å². The highest BCUT2D eigenvalue weighted by Gasteiger charge is 2.72. The molecule has 1 aliphatic heterocycles. The SMILES string of the molecule is CC(C)CCN(Cc1cc(O)c2c(c1N(C)C)CC1CC3C(N(C)C)C(=O)C(C(N)=O)=C4C(C)OC43C(=O)C1C2=O)CC1CC1. The monoisotopic (exact) mass is 620 g/mol. The Balaban J connectivity index is 1.43. The van der Waals surface area contributed by atoms with Gasteiger partial charge in [-0.25, -0.2) is 0 Å². The smallest absolute Gasteiger partial charge is 0.252 e. The average Bonchev–Trinajstić information content (AvgIpc) is 3.74. The Morgan fingerprint density at radius 1 is 1.13 bits per heavy atom. The summed E-state index contributed by atoms with van der Waals surface area (Å²) in [5.74, 6) is -2.92. The number of phenols is 1. The van der Waals surface area contributed by atoms with Gasteiger partial charge in [-0.05, 0) is 94.6 Å². The number of carbonyl (C=O) groups is 4. The van der Waals surface area contributed by atoms with E-state index in [1.165, 1.54) is 12.8 Å². The van der Waals surface area contributed by atoms with Gasteiger partial charge in [0.1, 0.15) is 5.75 Å². The molecule has 0 radical (unpaired) electrons. The Kier molecular flexibility index (Phi) is 8.02. The van der Waals surface area contributed by atoms with Gasteiger partial charge in [0.25, 0.3) is 5.91 Å². The Labute approximate surface area is 265 Å². The maximum atomic E-state index is 14.6. The van der Waals surface area contributed by atoms with Crippen LogP contribution in [0.25, 0.3) is 0 Å². The van der Waals surface area contributed by atoms with Crippen molar-refractivity contribution in [2.45, 2.75) is 77.2 Å². The molecule has 3 N–H and O–H groups in total. The molecule has 3 fully saturated rings. The van der Waals surface area contributed by atoms with Crippen molar-refractivity contribution in [2.24, 2.45) is 35.3 Å². The highest BCUT2D eigenvalue weighted by molar-refractivity contribution is 6.26. The largest absolute Gasteiger partial charge is 0.507 e. The number of amides is 1. The minimum Gasteiger partial charge on any atom is -0.507 e. The summed E-state index contributed by atoms with van der Waals surface area (Å²) in [5, 5.41) is 11.5. The number of hydrogen-bond donors (Lipinski definition) is 2. The first kappa shape index (κ1) is 31.9. The van der Waals surface area contributed by atoms with Crippen molar-refractivity contribution in [1.29, 1.82) is 0 Å². The number of benzene rings is 1. The van der Waals surface area contributed by atoms with E-state index >= 15 is 0 Å². The third-order valence-corrected chi connectivity index (χ3v) is 10.9. The maximum Gasteiger partial charge on any atom is 0.252 e. The molecular formula is C35H48N4O6. The number of phenolic OH excluding ortho intramolecular Hbond substituents is 1. The van der Waals surface area contributed by atoms with Crippen LogP contribution in [-0.2, 0) is 32.1 Å². The lowest BCUT2D eigenvalue weighted by molar-refractivity contribution is -0.207. The van der Waals surface area contributed by atoms with E-state index in [1.54, 1.807) is 32.0 Å². The van der Waals surface area contributed by atoms with E-state index in [-0.39, 0.29) is 22.8 Å². The molecule has 1 spiro atoms. The van der Waals surface area contributed by atoms with Crippen LogP contribution in [0.4, 0.5) is 5.69 Å². The van der Waals surface area contributed by atoms with Crippen LogP contribution in [0.2, 0.25) is 0 Å². The number of Topliss-reactive ketones (excluding diaryl/α,β-unsaturated/α-hetero) is 3. The molecule has 5 aliphatic rings. The molecule has 10 heteroatoms. The topological polar surface area (TPSA) is 133 Å². The zero-order chi connectivity index (χ0) is 32.7. The highest BCUT2D eigenvalue weighted by Crippen LogP contribution is 2.60. The van der Waals surface area contributed by atoms with Crippen LogP contribution < -0.4 is 10.6 Å². The number of fused-ring (bicyclic) bond motifs is 2. The fourth-order valence-corrected chi connectivity index (χ4v) is 8.89. The van der Waals surface area contributed by atoms with Crippen LogP contribution in [0.5, 0.6) is 5.75 Å². The van der Waals surface area contributed by atoms with Gasteiger partial charge in [-0.1, -0.05) is 13.8 Å². The number of nitrogens with zero attached hydrogens (tertiary/aromatic N) is 3. The van der Waals surface area contributed by atoms with E-state index in [0.29, 0.717) is 36.8 Å². The predicted molar refractivity (Wildman–Crippen MR) is 170 cm³/mol. The number of ether oxygens (including phenoxy) is 1. The number of anilines is 1. The Morgan fingerprint density at radius 3 is 2.38 bits per heavy atom. The third-order valence-electron chi connectivity index (χ3n) is 10.9. The number of rotatable bonds is 10. The number of aromatic hydroxyl groups is 1. The standard InChI is InChI=1S/C35H48N4O6/c1-17(2)10-11-39(15-19-8-9-19)16-21-14-24(40)26-22(29(21)37(4)5)12-20-13-23-30(38(6)7)32(42)27(34(36)44)28-18(3)45-35(23,28)33(43)25(20)31(26)41/h14,17-20,23,25,30,40H,8-13,15-16H2,1-7H3,(H2,36,44). The van der Waals surface area contributed by atoms with Crippen molar-refractivity contribution < 1.29 is 29.0 Å². The van der Waals surface area contributed by atoms with Gasteiger partial charge in [-0.15, -0.1) is 0 Å². The normalized spacial score (nSPS) is 30.7. The van der Waals surface area contributed by atoms with Gasteiger partial charge in [0.2, 0.25) is 0 Å². The molecule has 244 valence electrons. The second-order valence-electron chi connectivity index (χ2n) is 14.9. The molecule has 2 saturated carbocycles. The maximum absolute atomic E-state index is 14.6. The molecule has 6 rings (SSSR count). The molecule has 1 saturated heterocycles. The van der Waals surface area contributed by atoms with E-state index in [1.807, 2.05) is 19.0 Å². The van der Waals surface area contributed by atoms with E-state index < -0.39 is 52.8 Å². The molecule has 45 heavy (non-hydrogen) atoms. The van der Waals surface area contributed by atoms with Crippen LogP contribution in [0.15, 0.2) is 17.2 Å². The molecule has 6 atom stereocenters. The van der Waals surface area contributed by atoms with Gasteiger partial charge in [-0.2, -0.15) is 0 Å². The van der Waals surface area contributed by atoms with Crippen molar-refractivity contribution in [3.8, 4) is 5.75 Å². The predicted octanol–water partition coefficient (Wildman–Crippen LogP) is 2.73. The first-order valence-corrected chi connectivity index (χ1v) is 16.5. The van der Waals surface area contributed by atoms with E-state index in [9.17, 15) is 24.3 Å². The van der Waals surface area contributed by atoms with Crippen LogP contribution >= 0.6 is 0 Å². The van der Waals surface area contributed by atoms with E-state index in [0.717, 1.165) is 36.3 Å². The first-order valence-electron chi connectivity index (χ1n) is 16.5. The molecule has 1 heterocycles. The molecule has 1 aromatic carbocycles. The minimum atomic E-state index is -1.55. The number of carbonyl (C=O) groups excluding carboxylic acids is 4. The molecule has 1 aromatic rings. The summed E-state index contributed by atoms with van der Waals surface area (Å²) in [5.41, 5.74) is 7.16. The lowest BCUT2D eigenvalue weighted by atomic mass is 9.50. The fraction of sp³-hybridized carbons (Fsp3) is 0.657. The number of hydrogen-bond acceptors (Lipinski definition) is 9. The first-order chi connectivity index (χ1) is 21.2. The highest BCUT2D eigenvalue weighted by atomic mass is 16.5. The van der Waals surface area contributed by atoms with Gasteiger partial charge in [-0.3, -0.25) is 29.0 Å². The van der Waals surface area contributed by atoms with Gasteiger partial charge in [0.15, 0.2) is 23.0 Å². The minimum absolute atomic E-state index is 0.0989. The summed E-state index contributed by atoms with van der Waals surface area (Å²) in [6, 6.07) is 0.922. The van der Waals surface area contributed by atoms with Crippen LogP contribution in [0, 0.1) is 29.6 Å². The summed E-state index contributed by atoms with van der Waals surface area (Å²) >= 11 is 0. The van der Waals surface area contributed by atoms with E-state index in [2.05, 4.69) is 18.7 Å². The van der Waals surface area contributed by atoms with Crippen molar-refractivity contribution in [1.82, 2.24) is 9.80 Å².